The van der Waals surface area contributed by atoms with E-state index in [9.17, 15) is 14.7 Å². The number of benzene rings is 2. The highest BCUT2D eigenvalue weighted by molar-refractivity contribution is 7.09. The summed E-state index contributed by atoms with van der Waals surface area (Å²) in [6.45, 7) is 0.985. The maximum atomic E-state index is 12.5. The van der Waals surface area contributed by atoms with E-state index in [1.165, 1.54) is 31.2 Å². The van der Waals surface area contributed by atoms with E-state index in [2.05, 4.69) is 35.3 Å². The molecule has 0 aliphatic heterocycles. The molecule has 0 saturated heterocycles. The van der Waals surface area contributed by atoms with E-state index in [0.717, 1.165) is 41.4 Å². The Morgan fingerprint density at radius 2 is 1.81 bits per heavy atom. The summed E-state index contributed by atoms with van der Waals surface area (Å²) in [7, 11) is 1.84. The molecular weight excluding hydrogens is 472 g/mol. The maximum absolute atomic E-state index is 12.5. The van der Waals surface area contributed by atoms with Crippen LogP contribution in [-0.4, -0.2) is 41.1 Å². The van der Waals surface area contributed by atoms with Crippen molar-refractivity contribution in [1.29, 1.82) is 0 Å². The van der Waals surface area contributed by atoms with Gasteiger partial charge in [0.25, 0.3) is 0 Å². The molecule has 0 atom stereocenters. The van der Waals surface area contributed by atoms with Gasteiger partial charge in [-0.05, 0) is 73.6 Å². The molecule has 1 heterocycles. The fourth-order valence-electron chi connectivity index (χ4n) is 5.03. The molecule has 2 aromatic carbocycles. The Kier molecular flexibility index (Phi) is 9.23. The van der Waals surface area contributed by atoms with Crippen molar-refractivity contribution < 1.29 is 14.6 Å². The Labute approximate surface area is 216 Å². The van der Waals surface area contributed by atoms with E-state index in [-0.39, 0.29) is 16.7 Å². The number of thiazole rings is 1. The van der Waals surface area contributed by atoms with E-state index in [1.54, 1.807) is 4.90 Å². The second-order valence-corrected chi connectivity index (χ2v) is 10.9. The number of hydrogen-bond acceptors (Lipinski definition) is 5. The average Bonchev–Trinajstić information content (AvgIpc) is 3.22. The smallest absolute Gasteiger partial charge is 0.307 e. The van der Waals surface area contributed by atoms with Crippen LogP contribution in [-0.2, 0) is 11.2 Å². The topological polar surface area (TPSA) is 82.6 Å². The van der Waals surface area contributed by atoms with Crippen LogP contribution in [0.2, 0.25) is 0 Å². The van der Waals surface area contributed by atoms with Gasteiger partial charge in [0.05, 0.1) is 11.4 Å². The number of aromatic nitrogens is 1. The molecule has 36 heavy (non-hydrogen) atoms. The Hall–Kier alpha value is -3.06. The number of likely N-dealkylation sites (N-methyl/N-ethyl adjacent to an activating group) is 1. The van der Waals surface area contributed by atoms with E-state index in [0.29, 0.717) is 36.8 Å². The van der Waals surface area contributed by atoms with E-state index in [4.69, 9.17) is 4.74 Å². The number of nitrogens with zero attached hydrogens (tertiary/aromatic N) is 1. The number of nitrogens with one attached hydrogen (secondary N) is 1. The molecule has 4 rings (SSSR count). The van der Waals surface area contributed by atoms with Gasteiger partial charge in [0, 0.05) is 19.9 Å². The average molecular weight is 509 g/mol. The van der Waals surface area contributed by atoms with Gasteiger partial charge >= 0.3 is 4.87 Å². The number of aromatic hydroxyl groups is 1. The van der Waals surface area contributed by atoms with E-state index >= 15 is 0 Å². The summed E-state index contributed by atoms with van der Waals surface area (Å²) in [5.74, 6) is 2.30. The maximum Gasteiger partial charge on any atom is 0.307 e. The number of amides is 1. The molecule has 0 bridgehead atoms. The highest BCUT2D eigenvalue weighted by Gasteiger charge is 2.22. The Balaban J connectivity index is 1.10. The third kappa shape index (κ3) is 7.47. The molecule has 1 amide bonds. The van der Waals surface area contributed by atoms with Gasteiger partial charge in [0.15, 0.2) is 0 Å². The zero-order valence-corrected chi connectivity index (χ0v) is 21.8. The van der Waals surface area contributed by atoms with Gasteiger partial charge in [-0.2, -0.15) is 0 Å². The lowest BCUT2D eigenvalue weighted by molar-refractivity contribution is -0.130. The standard InChI is InChI=1S/C29H36N2O4S/c1-31(18-19-35-25-16-12-22(13-17-25)20-26-28(33)30-29(34)36-26)27(32)9-5-6-21-10-14-24(15-11-21)23-7-3-2-4-8-23/h2-4,7-8,12-13,16-17,21,24,33H,5-6,9-11,14-15,18-20H2,1H3,(H,30,34). The third-order valence-electron chi connectivity index (χ3n) is 7.23. The molecule has 6 nitrogen and oxygen atoms in total. The Morgan fingerprint density at radius 1 is 1.08 bits per heavy atom. The SMILES string of the molecule is CN(CCOc1ccc(Cc2sc(=O)[nH]c2O)cc1)C(=O)CCCC1CCC(c2ccccc2)CC1. The molecule has 1 aromatic heterocycles. The summed E-state index contributed by atoms with van der Waals surface area (Å²) in [6.07, 6.45) is 8.24. The highest BCUT2D eigenvalue weighted by atomic mass is 32.1. The Morgan fingerprint density at radius 3 is 2.47 bits per heavy atom. The van der Waals surface area contributed by atoms with Crippen molar-refractivity contribution in [1.82, 2.24) is 9.88 Å². The predicted octanol–water partition coefficient (Wildman–Crippen LogP) is 5.71. The van der Waals surface area contributed by atoms with Gasteiger partial charge in [-0.15, -0.1) is 0 Å². The van der Waals surface area contributed by atoms with Crippen LogP contribution in [0.3, 0.4) is 0 Å². The molecule has 1 fully saturated rings. The molecule has 192 valence electrons. The lowest BCUT2D eigenvalue weighted by atomic mass is 9.77. The van der Waals surface area contributed by atoms with Crippen molar-refractivity contribution in [2.75, 3.05) is 20.2 Å². The molecule has 3 aromatic rings. The van der Waals surface area contributed by atoms with Gasteiger partial charge in [0.1, 0.15) is 12.4 Å². The van der Waals surface area contributed by atoms with Gasteiger partial charge in [-0.25, -0.2) is 0 Å². The number of hydrogen-bond donors (Lipinski definition) is 2. The molecule has 7 heteroatoms. The third-order valence-corrected chi connectivity index (χ3v) is 8.10. The van der Waals surface area contributed by atoms with Gasteiger partial charge in [-0.3, -0.25) is 14.6 Å². The summed E-state index contributed by atoms with van der Waals surface area (Å²) in [5, 5.41) is 9.73. The van der Waals surface area contributed by atoms with Crippen LogP contribution in [0, 0.1) is 5.92 Å². The van der Waals surface area contributed by atoms with Crippen molar-refractivity contribution >= 4 is 17.2 Å². The second-order valence-electron chi connectivity index (χ2n) is 9.79. The first kappa shape index (κ1) is 26.0. The summed E-state index contributed by atoms with van der Waals surface area (Å²) in [5.41, 5.74) is 2.45. The molecule has 2 N–H and O–H groups in total. The molecule has 0 radical (unpaired) electrons. The fourth-order valence-corrected chi connectivity index (χ4v) is 5.79. The predicted molar refractivity (Wildman–Crippen MR) is 144 cm³/mol. The van der Waals surface area contributed by atoms with Crippen LogP contribution in [0.15, 0.2) is 59.4 Å². The molecule has 0 unspecified atom stereocenters. The summed E-state index contributed by atoms with van der Waals surface area (Å²) >= 11 is 1.02. The lowest BCUT2D eigenvalue weighted by Gasteiger charge is -2.29. The molecule has 1 aliphatic carbocycles. The molecular formula is C29H36N2O4S. The second kappa shape index (κ2) is 12.8. The van der Waals surface area contributed by atoms with Crippen molar-refractivity contribution in [3.63, 3.8) is 0 Å². The van der Waals surface area contributed by atoms with Gasteiger partial charge in [-0.1, -0.05) is 53.8 Å². The van der Waals surface area contributed by atoms with Crippen molar-refractivity contribution in [3.8, 4) is 11.6 Å². The van der Waals surface area contributed by atoms with E-state index in [1.807, 2.05) is 31.3 Å². The Bertz CT molecular complexity index is 1150. The van der Waals surface area contributed by atoms with Crippen molar-refractivity contribution in [2.24, 2.45) is 5.92 Å². The zero-order valence-electron chi connectivity index (χ0n) is 20.9. The first-order valence-corrected chi connectivity index (χ1v) is 13.7. The molecule has 0 spiro atoms. The number of aromatic amines is 1. The monoisotopic (exact) mass is 508 g/mol. The number of carbonyl (C=O) groups excluding carboxylic acids is 1. The minimum absolute atomic E-state index is 0.0616. The summed E-state index contributed by atoms with van der Waals surface area (Å²) in [4.78, 5) is 28.4. The number of ether oxygens (including phenoxy) is 1. The van der Waals surface area contributed by atoms with Gasteiger partial charge in [0.2, 0.25) is 11.8 Å². The van der Waals surface area contributed by atoms with Crippen molar-refractivity contribution in [2.45, 2.75) is 57.3 Å². The number of rotatable bonds is 11. The number of H-pyrrole nitrogens is 1. The quantitative estimate of drug-likeness (QED) is 0.347. The fraction of sp³-hybridized carbons (Fsp3) is 0.448. The summed E-state index contributed by atoms with van der Waals surface area (Å²) in [6, 6.07) is 18.4. The van der Waals surface area contributed by atoms with Crippen LogP contribution in [0.4, 0.5) is 0 Å². The lowest BCUT2D eigenvalue weighted by Crippen LogP contribution is -2.30. The first-order chi connectivity index (χ1) is 17.5. The minimum atomic E-state index is -0.257. The van der Waals surface area contributed by atoms with Crippen molar-refractivity contribution in [3.05, 3.63) is 80.3 Å². The van der Waals surface area contributed by atoms with Crippen LogP contribution < -0.4 is 9.61 Å². The normalized spacial score (nSPS) is 17.6. The first-order valence-electron chi connectivity index (χ1n) is 12.9. The molecule has 1 aliphatic rings. The van der Waals surface area contributed by atoms with E-state index < -0.39 is 0 Å². The number of carbonyl (C=O) groups is 1. The highest BCUT2D eigenvalue weighted by Crippen LogP contribution is 2.37. The van der Waals surface area contributed by atoms with Crippen LogP contribution >= 0.6 is 11.3 Å². The van der Waals surface area contributed by atoms with Gasteiger partial charge < -0.3 is 14.7 Å². The minimum Gasteiger partial charge on any atom is -0.494 e. The van der Waals surface area contributed by atoms with Crippen LogP contribution in [0.1, 0.15) is 66.9 Å². The summed E-state index contributed by atoms with van der Waals surface area (Å²) < 4.78 is 5.81. The molecule has 1 saturated carbocycles. The van der Waals surface area contributed by atoms with Crippen LogP contribution in [0.5, 0.6) is 11.6 Å². The largest absolute Gasteiger partial charge is 0.494 e. The van der Waals surface area contributed by atoms with Crippen LogP contribution in [0.25, 0.3) is 0 Å². The zero-order chi connectivity index (χ0) is 25.3.